The number of carbonyl (C=O) groups excluding carboxylic acids is 1. The van der Waals surface area contributed by atoms with Crippen molar-refractivity contribution in [3.63, 3.8) is 0 Å². The summed E-state index contributed by atoms with van der Waals surface area (Å²) in [5, 5.41) is 0.544. The van der Waals surface area contributed by atoms with E-state index in [1.54, 1.807) is 34.9 Å². The van der Waals surface area contributed by atoms with E-state index in [9.17, 15) is 4.79 Å². The maximum absolute atomic E-state index is 12.3. The predicted octanol–water partition coefficient (Wildman–Crippen LogP) is 3.14. The number of rotatable bonds is 5. The van der Waals surface area contributed by atoms with Gasteiger partial charge in [-0.3, -0.25) is 4.79 Å². The fraction of sp³-hybridized carbons (Fsp3) is 0.462. The quantitative estimate of drug-likeness (QED) is 0.846. The van der Waals surface area contributed by atoms with Crippen LogP contribution in [0, 0.1) is 0 Å². The summed E-state index contributed by atoms with van der Waals surface area (Å²) >= 11 is 7.57. The van der Waals surface area contributed by atoms with Gasteiger partial charge in [-0.05, 0) is 30.9 Å². The highest BCUT2D eigenvalue weighted by Gasteiger charge is 2.21. The standard InChI is InChI=1S/C13H19ClN2OS/c1-4-10(8-18-3)16(2)13(17)11-6-5-9(14)7-12(11)15/h5-7,10H,4,8,15H2,1-3H3. The molecule has 100 valence electrons. The molecule has 5 heteroatoms. The van der Waals surface area contributed by atoms with Gasteiger partial charge in [-0.2, -0.15) is 11.8 Å². The van der Waals surface area contributed by atoms with Gasteiger partial charge in [0.15, 0.2) is 0 Å². The molecule has 3 nitrogen and oxygen atoms in total. The van der Waals surface area contributed by atoms with Crippen LogP contribution >= 0.6 is 23.4 Å². The summed E-state index contributed by atoms with van der Waals surface area (Å²) in [4.78, 5) is 14.1. The van der Waals surface area contributed by atoms with Gasteiger partial charge in [0, 0.05) is 29.6 Å². The van der Waals surface area contributed by atoms with E-state index in [1.807, 2.05) is 13.3 Å². The molecule has 0 heterocycles. The molecule has 0 aliphatic carbocycles. The maximum Gasteiger partial charge on any atom is 0.255 e. The number of benzene rings is 1. The van der Waals surface area contributed by atoms with Crippen LogP contribution in [0.25, 0.3) is 0 Å². The maximum atomic E-state index is 12.3. The molecule has 0 spiro atoms. The van der Waals surface area contributed by atoms with Crippen LogP contribution in [0.4, 0.5) is 5.69 Å². The molecule has 0 saturated heterocycles. The lowest BCUT2D eigenvalue weighted by atomic mass is 10.1. The summed E-state index contributed by atoms with van der Waals surface area (Å²) in [7, 11) is 1.82. The highest BCUT2D eigenvalue weighted by atomic mass is 35.5. The van der Waals surface area contributed by atoms with Gasteiger partial charge in [0.05, 0.1) is 5.56 Å². The minimum Gasteiger partial charge on any atom is -0.398 e. The first-order valence-electron chi connectivity index (χ1n) is 5.82. The van der Waals surface area contributed by atoms with Crippen molar-refractivity contribution in [2.75, 3.05) is 24.8 Å². The minimum absolute atomic E-state index is 0.0509. The molecule has 0 aromatic heterocycles. The van der Waals surface area contributed by atoms with Gasteiger partial charge in [-0.25, -0.2) is 0 Å². The largest absolute Gasteiger partial charge is 0.398 e. The molecular weight excluding hydrogens is 268 g/mol. The summed E-state index contributed by atoms with van der Waals surface area (Å²) in [5.74, 6) is 0.872. The lowest BCUT2D eigenvalue weighted by molar-refractivity contribution is 0.0744. The average Bonchev–Trinajstić information content (AvgIpc) is 2.34. The topological polar surface area (TPSA) is 46.3 Å². The summed E-state index contributed by atoms with van der Waals surface area (Å²) in [6.07, 6.45) is 2.97. The zero-order valence-electron chi connectivity index (χ0n) is 10.9. The van der Waals surface area contributed by atoms with Crippen LogP contribution < -0.4 is 5.73 Å². The van der Waals surface area contributed by atoms with Crippen molar-refractivity contribution in [3.05, 3.63) is 28.8 Å². The van der Waals surface area contributed by atoms with Gasteiger partial charge in [0.1, 0.15) is 0 Å². The Balaban J connectivity index is 2.91. The Morgan fingerprint density at radius 1 is 1.56 bits per heavy atom. The van der Waals surface area contributed by atoms with E-state index in [0.29, 0.717) is 16.3 Å². The van der Waals surface area contributed by atoms with Crippen molar-refractivity contribution in [3.8, 4) is 0 Å². The molecule has 1 rings (SSSR count). The Morgan fingerprint density at radius 3 is 2.72 bits per heavy atom. The van der Waals surface area contributed by atoms with Crippen molar-refractivity contribution in [2.24, 2.45) is 0 Å². The van der Waals surface area contributed by atoms with Gasteiger partial charge in [-0.15, -0.1) is 0 Å². The smallest absolute Gasteiger partial charge is 0.255 e. The number of hydrogen-bond donors (Lipinski definition) is 1. The van der Waals surface area contributed by atoms with Crippen LogP contribution in [0.5, 0.6) is 0 Å². The Kier molecular flexibility index (Phi) is 5.82. The number of carbonyl (C=O) groups is 1. The normalized spacial score (nSPS) is 12.2. The van der Waals surface area contributed by atoms with Crippen LogP contribution in [0.1, 0.15) is 23.7 Å². The SMILES string of the molecule is CCC(CSC)N(C)C(=O)c1ccc(Cl)cc1N. The summed E-state index contributed by atoms with van der Waals surface area (Å²) in [6.45, 7) is 2.08. The van der Waals surface area contributed by atoms with Gasteiger partial charge in [0.25, 0.3) is 5.91 Å². The second kappa shape index (κ2) is 6.90. The first-order valence-corrected chi connectivity index (χ1v) is 7.59. The number of hydrogen-bond acceptors (Lipinski definition) is 3. The van der Waals surface area contributed by atoms with Crippen molar-refractivity contribution < 1.29 is 4.79 Å². The Hall–Kier alpha value is -0.870. The van der Waals surface area contributed by atoms with Crippen molar-refractivity contribution >= 4 is 35.0 Å². The molecule has 1 amide bonds. The zero-order valence-corrected chi connectivity index (χ0v) is 12.5. The van der Waals surface area contributed by atoms with E-state index in [0.717, 1.165) is 12.2 Å². The van der Waals surface area contributed by atoms with Crippen molar-refractivity contribution in [2.45, 2.75) is 19.4 Å². The Bertz CT molecular complexity index is 425. The molecular formula is C13H19ClN2OS. The van der Waals surface area contributed by atoms with Crippen LogP contribution in [0.15, 0.2) is 18.2 Å². The van der Waals surface area contributed by atoms with Crippen molar-refractivity contribution in [1.82, 2.24) is 4.90 Å². The van der Waals surface area contributed by atoms with Crippen molar-refractivity contribution in [1.29, 1.82) is 0 Å². The van der Waals surface area contributed by atoms with E-state index in [-0.39, 0.29) is 11.9 Å². The summed E-state index contributed by atoms with van der Waals surface area (Å²) in [5.41, 5.74) is 6.78. The fourth-order valence-corrected chi connectivity index (χ4v) is 2.80. The lowest BCUT2D eigenvalue weighted by Crippen LogP contribution is -2.38. The average molecular weight is 287 g/mol. The predicted molar refractivity (Wildman–Crippen MR) is 80.4 cm³/mol. The van der Waals surface area contributed by atoms with E-state index < -0.39 is 0 Å². The van der Waals surface area contributed by atoms with E-state index in [4.69, 9.17) is 17.3 Å². The number of halogens is 1. The molecule has 0 radical (unpaired) electrons. The number of anilines is 1. The molecule has 0 aliphatic heterocycles. The Morgan fingerprint density at radius 2 is 2.22 bits per heavy atom. The number of nitrogens with zero attached hydrogens (tertiary/aromatic N) is 1. The molecule has 2 N–H and O–H groups in total. The highest BCUT2D eigenvalue weighted by molar-refractivity contribution is 7.98. The molecule has 1 atom stereocenters. The molecule has 0 bridgehead atoms. The van der Waals surface area contributed by atoms with Gasteiger partial charge in [-0.1, -0.05) is 18.5 Å². The molecule has 1 unspecified atom stereocenters. The van der Waals surface area contributed by atoms with E-state index >= 15 is 0 Å². The lowest BCUT2D eigenvalue weighted by Gasteiger charge is -2.27. The summed E-state index contributed by atoms with van der Waals surface area (Å²) < 4.78 is 0. The molecule has 18 heavy (non-hydrogen) atoms. The fourth-order valence-electron chi connectivity index (χ4n) is 1.78. The Labute approximate surface area is 118 Å². The second-order valence-electron chi connectivity index (χ2n) is 4.17. The summed E-state index contributed by atoms with van der Waals surface area (Å²) in [6, 6.07) is 5.21. The third-order valence-electron chi connectivity index (χ3n) is 2.94. The van der Waals surface area contributed by atoms with Gasteiger partial charge in [0.2, 0.25) is 0 Å². The molecule has 0 aliphatic rings. The second-order valence-corrected chi connectivity index (χ2v) is 5.51. The van der Waals surface area contributed by atoms with Crippen LogP contribution in [0.3, 0.4) is 0 Å². The zero-order chi connectivity index (χ0) is 13.7. The first-order chi connectivity index (χ1) is 8.51. The molecule has 0 saturated carbocycles. The highest BCUT2D eigenvalue weighted by Crippen LogP contribution is 2.21. The number of thioether (sulfide) groups is 1. The van der Waals surface area contributed by atoms with E-state index in [2.05, 4.69) is 6.92 Å². The number of nitrogen functional groups attached to an aromatic ring is 1. The number of nitrogens with two attached hydrogens (primary N) is 1. The van der Waals surface area contributed by atoms with Crippen LogP contribution in [0.2, 0.25) is 5.02 Å². The molecule has 1 aromatic carbocycles. The number of amides is 1. The molecule has 1 aromatic rings. The third-order valence-corrected chi connectivity index (χ3v) is 3.90. The third kappa shape index (κ3) is 3.56. The monoisotopic (exact) mass is 286 g/mol. The minimum atomic E-state index is -0.0509. The van der Waals surface area contributed by atoms with E-state index in [1.165, 1.54) is 0 Å². The van der Waals surface area contributed by atoms with Gasteiger partial charge < -0.3 is 10.6 Å². The van der Waals surface area contributed by atoms with Gasteiger partial charge >= 0.3 is 0 Å². The van der Waals surface area contributed by atoms with Crippen LogP contribution in [-0.4, -0.2) is 35.9 Å². The first kappa shape index (κ1) is 15.2. The molecule has 0 fully saturated rings. The van der Waals surface area contributed by atoms with Crippen LogP contribution in [-0.2, 0) is 0 Å².